The summed E-state index contributed by atoms with van der Waals surface area (Å²) in [6.45, 7) is 2.24. The minimum absolute atomic E-state index is 0.00567. The molecule has 2 aromatic heterocycles. The van der Waals surface area contributed by atoms with E-state index in [9.17, 15) is 30.0 Å². The number of anilines is 1. The first-order chi connectivity index (χ1) is 33.2. The van der Waals surface area contributed by atoms with E-state index >= 15 is 0 Å². The summed E-state index contributed by atoms with van der Waals surface area (Å²) in [5.74, 6) is -1.01. The van der Waals surface area contributed by atoms with Gasteiger partial charge in [-0.1, -0.05) is 96.2 Å². The highest BCUT2D eigenvalue weighted by atomic mass is 35.5. The third-order valence-corrected chi connectivity index (χ3v) is 11.8. The number of oxazole rings is 1. The van der Waals surface area contributed by atoms with Crippen molar-refractivity contribution in [3.8, 4) is 40.5 Å². The summed E-state index contributed by atoms with van der Waals surface area (Å²) in [5, 5.41) is 37.7. The molecule has 9 N–H and O–H groups in total. The Morgan fingerprint density at radius 2 is 1.38 bits per heavy atom. The molecular weight excluding hydrogens is 922 g/mol. The van der Waals surface area contributed by atoms with Gasteiger partial charge in [0.25, 0.3) is 0 Å². The van der Waals surface area contributed by atoms with Crippen LogP contribution in [0.1, 0.15) is 41.8 Å². The number of pyridine rings is 1. The number of ether oxygens (including phenoxy) is 3. The van der Waals surface area contributed by atoms with Gasteiger partial charge in [-0.05, 0) is 79.8 Å². The number of nitrogens with two attached hydrogens (primary N) is 3. The van der Waals surface area contributed by atoms with Crippen molar-refractivity contribution in [2.45, 2.75) is 74.0 Å². The number of thioether (sulfide) groups is 1. The average Bonchev–Trinajstić information content (AvgIpc) is 3.83. The molecule has 0 spiro atoms. The number of nitrogens with one attached hydrogen (secondary N) is 2. The molecule has 0 aliphatic rings. The maximum absolute atomic E-state index is 13.2. The van der Waals surface area contributed by atoms with Crippen LogP contribution in [0.3, 0.4) is 0 Å². The van der Waals surface area contributed by atoms with Crippen LogP contribution in [-0.4, -0.2) is 82.6 Å². The predicted octanol–water partition coefficient (Wildman–Crippen LogP) is 5.45. The molecule has 6 aromatic rings. The molecule has 2 heterocycles. The third-order valence-electron chi connectivity index (χ3n) is 10.5. The van der Waals surface area contributed by atoms with E-state index in [4.69, 9.17) is 47.4 Å². The van der Waals surface area contributed by atoms with Gasteiger partial charge in [-0.15, -0.1) is 0 Å². The Morgan fingerprint density at radius 3 is 1.97 bits per heavy atom. The Kier molecular flexibility index (Phi) is 18.3. The second kappa shape index (κ2) is 24.6. The molecule has 6 atom stereocenters. The number of halogens is 1. The molecule has 0 radical (unpaired) electrons. The molecule has 2 amide bonds. The van der Waals surface area contributed by atoms with E-state index in [0.29, 0.717) is 27.9 Å². The second-order valence-electron chi connectivity index (χ2n) is 15.8. The maximum Gasteiger partial charge on any atom is 0.328 e. The third kappa shape index (κ3) is 14.4. The Labute approximate surface area is 407 Å². The first-order valence-corrected chi connectivity index (χ1v) is 23.0. The van der Waals surface area contributed by atoms with Gasteiger partial charge in [-0.25, -0.2) is 14.8 Å². The summed E-state index contributed by atoms with van der Waals surface area (Å²) in [5.41, 5.74) is 22.4. The van der Waals surface area contributed by atoms with Crippen LogP contribution in [0, 0.1) is 22.7 Å². The predicted molar refractivity (Wildman–Crippen MR) is 259 cm³/mol. The minimum atomic E-state index is -1.62. The van der Waals surface area contributed by atoms with Crippen LogP contribution in [0.5, 0.6) is 5.75 Å². The van der Waals surface area contributed by atoms with E-state index in [-0.39, 0.29) is 52.7 Å². The van der Waals surface area contributed by atoms with E-state index < -0.39 is 61.0 Å². The highest BCUT2D eigenvalue weighted by Gasteiger charge is 2.28. The van der Waals surface area contributed by atoms with E-state index in [0.717, 1.165) is 16.7 Å². The summed E-state index contributed by atoms with van der Waals surface area (Å²) >= 11 is 7.22. The van der Waals surface area contributed by atoms with Crippen LogP contribution in [0.4, 0.5) is 5.82 Å². The number of hydrogen-bond acceptors (Lipinski definition) is 16. The number of benzene rings is 4. The van der Waals surface area contributed by atoms with Crippen molar-refractivity contribution in [3.05, 3.63) is 148 Å². The van der Waals surface area contributed by atoms with Crippen LogP contribution in [-0.2, 0) is 42.5 Å². The van der Waals surface area contributed by atoms with Crippen LogP contribution in [0.25, 0.3) is 22.6 Å². The number of nitrogen functional groups attached to an aromatic ring is 1. The summed E-state index contributed by atoms with van der Waals surface area (Å²) < 4.78 is 23.1. The van der Waals surface area contributed by atoms with Gasteiger partial charge in [-0.2, -0.15) is 10.5 Å². The summed E-state index contributed by atoms with van der Waals surface area (Å²) in [7, 11) is 0. The smallest absolute Gasteiger partial charge is 0.328 e. The molecule has 0 bridgehead atoms. The zero-order chi connectivity index (χ0) is 49.5. The number of hydrogen-bond donors (Lipinski definition) is 6. The Morgan fingerprint density at radius 1 is 0.797 bits per heavy atom. The quantitative estimate of drug-likeness (QED) is 0.0280. The molecule has 1 unspecified atom stereocenters. The zero-order valence-electron chi connectivity index (χ0n) is 37.6. The molecule has 356 valence electrons. The molecule has 17 nitrogen and oxygen atoms in total. The van der Waals surface area contributed by atoms with Crippen molar-refractivity contribution in [1.29, 1.82) is 10.5 Å². The molecule has 0 fully saturated rings. The monoisotopic (exact) mass is 971 g/mol. The molecular formula is C50H50ClN9O8S. The van der Waals surface area contributed by atoms with Gasteiger partial charge in [-0.3, -0.25) is 9.59 Å². The number of amides is 2. The van der Waals surface area contributed by atoms with Gasteiger partial charge in [0.2, 0.25) is 17.7 Å². The SMILES string of the molecule is C[C@H](NC(=O)[C@@H](N)Cc1ccccc1)C(=O)OC[C@H](COc1ccc(-c2c(C#N)c(N)nc(SCc3coc(-c4ccc(Cl)cc4)n3)c2C#N)cc1)OC(O)[C@H](C)NC(=O)[C@@H](N)Cc1ccccc1. The Bertz CT molecular complexity index is 2770. The van der Waals surface area contributed by atoms with Crippen LogP contribution >= 0.6 is 23.4 Å². The number of rotatable bonds is 22. The molecule has 4 aromatic carbocycles. The van der Waals surface area contributed by atoms with Gasteiger partial charge >= 0.3 is 5.97 Å². The van der Waals surface area contributed by atoms with Gasteiger partial charge in [0.15, 0.2) is 6.29 Å². The highest BCUT2D eigenvalue weighted by Crippen LogP contribution is 2.37. The number of esters is 1. The number of aliphatic hydroxyl groups is 1. The second-order valence-corrected chi connectivity index (χ2v) is 17.2. The molecule has 69 heavy (non-hydrogen) atoms. The van der Waals surface area contributed by atoms with Crippen molar-refractivity contribution >= 4 is 47.0 Å². The average molecular weight is 973 g/mol. The summed E-state index contributed by atoms with van der Waals surface area (Å²) in [6.07, 6.45) is -0.723. The standard InChI is InChI=1S/C50H50ClN9O8S/c1-29(57-45(61)41(54)21-31-9-5-3-6-10-31)49(63)67-27-38(68-50(64)30(2)58-46(62)42(55)22-32-11-7-4-8-12-32)26-65-37-19-15-33(16-20-37)43-39(23-52)44(56)60-48(40(43)24-53)69-28-36-25-66-47(59-36)34-13-17-35(51)18-14-34/h3-20,25,29-30,38,41-42,50,64H,21-22,26-28,54-55H2,1-2H3,(H2,56,60)(H,57,61)(H,58,62)/t29-,30-,38-,41-,42-,50?/m0/s1. The van der Waals surface area contributed by atoms with Crippen molar-refractivity contribution < 1.29 is 38.1 Å². The van der Waals surface area contributed by atoms with Crippen LogP contribution in [0.15, 0.2) is 125 Å². The number of nitriles is 2. The van der Waals surface area contributed by atoms with Crippen molar-refractivity contribution in [1.82, 2.24) is 20.6 Å². The Hall–Kier alpha value is -7.29. The first kappa shape index (κ1) is 51.1. The highest BCUT2D eigenvalue weighted by molar-refractivity contribution is 7.98. The van der Waals surface area contributed by atoms with E-state index in [1.165, 1.54) is 31.9 Å². The van der Waals surface area contributed by atoms with Crippen molar-refractivity contribution in [3.63, 3.8) is 0 Å². The summed E-state index contributed by atoms with van der Waals surface area (Å²) in [6, 6.07) is 32.2. The molecule has 0 aliphatic carbocycles. The largest absolute Gasteiger partial charge is 0.491 e. The topological polar surface area (TPSA) is 288 Å². The van der Waals surface area contributed by atoms with Gasteiger partial charge in [0, 0.05) is 21.9 Å². The fourth-order valence-corrected chi connectivity index (χ4v) is 7.78. The minimum Gasteiger partial charge on any atom is -0.491 e. The maximum atomic E-state index is 13.2. The van der Waals surface area contributed by atoms with Crippen LogP contribution in [0.2, 0.25) is 5.02 Å². The Balaban J connectivity index is 1.13. The van der Waals surface area contributed by atoms with Gasteiger partial charge in [0.1, 0.15) is 65.9 Å². The molecule has 6 rings (SSSR count). The van der Waals surface area contributed by atoms with E-state index in [1.54, 1.807) is 48.5 Å². The number of nitrogens with zero attached hydrogens (tertiary/aromatic N) is 4. The summed E-state index contributed by atoms with van der Waals surface area (Å²) in [4.78, 5) is 47.9. The lowest BCUT2D eigenvalue weighted by molar-refractivity contribution is -0.180. The number of carbonyl (C=O) groups excluding carboxylic acids is 3. The normalized spacial score (nSPS) is 13.6. The van der Waals surface area contributed by atoms with Crippen molar-refractivity contribution in [2.75, 3.05) is 18.9 Å². The fourth-order valence-electron chi connectivity index (χ4n) is 6.78. The van der Waals surface area contributed by atoms with E-state index in [2.05, 4.69) is 32.7 Å². The number of aromatic nitrogens is 2. The molecule has 19 heteroatoms. The number of aliphatic hydroxyl groups excluding tert-OH is 1. The number of carbonyl (C=O) groups is 3. The lowest BCUT2D eigenvalue weighted by Gasteiger charge is -2.27. The lowest BCUT2D eigenvalue weighted by atomic mass is 9.97. The fraction of sp³-hybridized carbons (Fsp3) is 0.260. The van der Waals surface area contributed by atoms with Gasteiger partial charge in [0.05, 0.1) is 29.4 Å². The molecule has 0 saturated carbocycles. The molecule has 0 aliphatic heterocycles. The first-order valence-electron chi connectivity index (χ1n) is 21.6. The van der Waals surface area contributed by atoms with E-state index in [1.807, 2.05) is 60.7 Å². The van der Waals surface area contributed by atoms with Gasteiger partial charge < -0.3 is 51.6 Å². The lowest BCUT2D eigenvalue weighted by Crippen LogP contribution is -2.51. The van der Waals surface area contributed by atoms with Crippen molar-refractivity contribution in [2.24, 2.45) is 11.5 Å². The molecule has 0 saturated heterocycles. The van der Waals surface area contributed by atoms with Crippen LogP contribution < -0.4 is 32.6 Å². The zero-order valence-corrected chi connectivity index (χ0v) is 39.2.